The van der Waals surface area contributed by atoms with E-state index in [1.54, 1.807) is 0 Å². The maximum absolute atomic E-state index is 12.8. The molecule has 0 aromatic carbocycles. The van der Waals surface area contributed by atoms with E-state index in [9.17, 15) is 14.4 Å². The number of hydrogen-bond acceptors (Lipinski definition) is 6. The molecule has 0 N–H and O–H groups in total. The van der Waals surface area contributed by atoms with Crippen LogP contribution in [0.25, 0.3) is 0 Å². The highest BCUT2D eigenvalue weighted by atomic mass is 16.6. The Morgan fingerprint density at radius 1 is 0.344 bits per heavy atom. The Labute approximate surface area is 376 Å². The van der Waals surface area contributed by atoms with E-state index < -0.39 is 6.10 Å². The van der Waals surface area contributed by atoms with E-state index in [2.05, 4.69) is 93.7 Å². The molecule has 0 aromatic rings. The van der Waals surface area contributed by atoms with Crippen molar-refractivity contribution in [2.45, 2.75) is 245 Å². The van der Waals surface area contributed by atoms with Crippen molar-refractivity contribution in [1.82, 2.24) is 0 Å². The molecule has 0 amide bonds. The van der Waals surface area contributed by atoms with E-state index >= 15 is 0 Å². The van der Waals surface area contributed by atoms with Crippen LogP contribution in [0.4, 0.5) is 0 Å². The van der Waals surface area contributed by atoms with Crippen LogP contribution in [0.15, 0.2) is 72.9 Å². The Kier molecular flexibility index (Phi) is 46.9. The fraction of sp³-hybridized carbons (Fsp3) is 0.727. The summed E-state index contributed by atoms with van der Waals surface area (Å²) in [5, 5.41) is 0. The number of esters is 3. The zero-order chi connectivity index (χ0) is 44.4. The van der Waals surface area contributed by atoms with Crippen LogP contribution in [0.2, 0.25) is 0 Å². The third-order valence-corrected chi connectivity index (χ3v) is 10.7. The third-order valence-electron chi connectivity index (χ3n) is 10.7. The second-order valence-corrected chi connectivity index (χ2v) is 16.7. The summed E-state index contributed by atoms with van der Waals surface area (Å²) in [4.78, 5) is 37.9. The molecule has 0 rings (SSSR count). The Morgan fingerprint density at radius 2 is 0.656 bits per heavy atom. The Hall–Kier alpha value is -3.15. The van der Waals surface area contributed by atoms with Gasteiger partial charge in [0.25, 0.3) is 0 Å². The highest BCUT2D eigenvalue weighted by molar-refractivity contribution is 5.71. The standard InChI is InChI=1S/C55H94O6/c1-4-7-10-13-16-19-22-24-26-27-29-30-33-36-39-42-45-48-54(57)60-51-52(50-59-53(56)47-44-41-38-35-32-21-18-15-12-9-6-3)61-55(58)49-46-43-40-37-34-31-28-25-23-20-17-14-11-8-5-2/h7,10,16,19-20,23-24,26,29-30,36,39,52H,4-6,8-9,11-15,17-18,21-22,25,27-28,31-35,37-38,40-51H2,1-3H3/b10-7-,19-16-,23-20-,26-24-,30-29-,39-36-. The minimum atomic E-state index is -0.797. The summed E-state index contributed by atoms with van der Waals surface area (Å²) < 4.78 is 16.7. The van der Waals surface area contributed by atoms with Gasteiger partial charge < -0.3 is 14.2 Å². The highest BCUT2D eigenvalue weighted by Crippen LogP contribution is 2.14. The van der Waals surface area contributed by atoms with Gasteiger partial charge in [-0.15, -0.1) is 0 Å². The van der Waals surface area contributed by atoms with Crippen molar-refractivity contribution in [3.63, 3.8) is 0 Å². The summed E-state index contributed by atoms with van der Waals surface area (Å²) in [7, 11) is 0. The zero-order valence-corrected chi connectivity index (χ0v) is 39.9. The van der Waals surface area contributed by atoms with E-state index in [0.717, 1.165) is 77.0 Å². The van der Waals surface area contributed by atoms with Crippen molar-refractivity contribution < 1.29 is 28.6 Å². The van der Waals surface area contributed by atoms with Gasteiger partial charge in [0.2, 0.25) is 0 Å². The summed E-state index contributed by atoms with van der Waals surface area (Å²) in [5.41, 5.74) is 0. The third kappa shape index (κ3) is 47.7. The Bertz CT molecular complexity index is 1160. The van der Waals surface area contributed by atoms with Crippen molar-refractivity contribution in [1.29, 1.82) is 0 Å². The molecule has 0 fully saturated rings. The second-order valence-electron chi connectivity index (χ2n) is 16.7. The molecule has 0 aliphatic heterocycles. The molecule has 0 saturated carbocycles. The van der Waals surface area contributed by atoms with Gasteiger partial charge in [-0.3, -0.25) is 14.4 Å². The van der Waals surface area contributed by atoms with Crippen molar-refractivity contribution in [2.75, 3.05) is 13.2 Å². The van der Waals surface area contributed by atoms with Crippen LogP contribution in [0.3, 0.4) is 0 Å². The van der Waals surface area contributed by atoms with E-state index in [1.807, 2.05) is 0 Å². The molecule has 0 aliphatic rings. The number of unbranched alkanes of at least 4 members (excludes halogenated alkanes) is 22. The maximum atomic E-state index is 12.8. The lowest BCUT2D eigenvalue weighted by molar-refractivity contribution is -0.167. The molecule has 1 atom stereocenters. The molecule has 350 valence electrons. The molecule has 0 bridgehead atoms. The normalized spacial score (nSPS) is 12.6. The Morgan fingerprint density at radius 3 is 1.10 bits per heavy atom. The lowest BCUT2D eigenvalue weighted by atomic mass is 10.1. The van der Waals surface area contributed by atoms with Gasteiger partial charge >= 0.3 is 17.9 Å². The first-order valence-corrected chi connectivity index (χ1v) is 25.4. The molecule has 0 heterocycles. The van der Waals surface area contributed by atoms with Gasteiger partial charge in [-0.2, -0.15) is 0 Å². The largest absolute Gasteiger partial charge is 0.462 e. The number of ether oxygens (including phenoxy) is 3. The van der Waals surface area contributed by atoms with Gasteiger partial charge in [0, 0.05) is 19.3 Å². The topological polar surface area (TPSA) is 78.9 Å². The van der Waals surface area contributed by atoms with Crippen molar-refractivity contribution in [3.8, 4) is 0 Å². The predicted octanol–water partition coefficient (Wildman–Crippen LogP) is 16.6. The van der Waals surface area contributed by atoms with E-state index in [0.29, 0.717) is 19.3 Å². The van der Waals surface area contributed by atoms with Crippen molar-refractivity contribution in [3.05, 3.63) is 72.9 Å². The summed E-state index contributed by atoms with van der Waals surface area (Å²) in [6.45, 7) is 6.45. The average Bonchev–Trinajstić information content (AvgIpc) is 3.26. The molecular formula is C55H94O6. The van der Waals surface area contributed by atoms with Gasteiger partial charge in [-0.25, -0.2) is 0 Å². The molecule has 0 aliphatic carbocycles. The van der Waals surface area contributed by atoms with Gasteiger partial charge in [0.05, 0.1) is 0 Å². The number of hydrogen-bond donors (Lipinski definition) is 0. The van der Waals surface area contributed by atoms with E-state index in [4.69, 9.17) is 14.2 Å². The van der Waals surface area contributed by atoms with Crippen LogP contribution in [-0.4, -0.2) is 37.2 Å². The molecule has 0 saturated heterocycles. The SMILES string of the molecule is CC/C=C\C/C=C\C/C=C\C/C=C\C/C=C\CCCC(=O)OCC(COC(=O)CCCCCCCCCCCCC)OC(=O)CCCCCCCCC/C=C\CCCCCC. The minimum absolute atomic E-state index is 0.0933. The number of allylic oxidation sites excluding steroid dienone is 12. The van der Waals surface area contributed by atoms with Crippen LogP contribution >= 0.6 is 0 Å². The lowest BCUT2D eigenvalue weighted by Gasteiger charge is -2.18. The number of rotatable bonds is 45. The van der Waals surface area contributed by atoms with Gasteiger partial charge in [-0.1, -0.05) is 209 Å². The fourth-order valence-electron chi connectivity index (χ4n) is 6.88. The van der Waals surface area contributed by atoms with E-state index in [-0.39, 0.29) is 37.5 Å². The summed E-state index contributed by atoms with van der Waals surface area (Å²) in [6, 6.07) is 0. The zero-order valence-electron chi connectivity index (χ0n) is 39.9. The van der Waals surface area contributed by atoms with Crippen LogP contribution < -0.4 is 0 Å². The van der Waals surface area contributed by atoms with Gasteiger partial charge in [0.15, 0.2) is 6.10 Å². The quantitative estimate of drug-likeness (QED) is 0.0263. The molecule has 61 heavy (non-hydrogen) atoms. The monoisotopic (exact) mass is 851 g/mol. The first-order chi connectivity index (χ1) is 30.0. The average molecular weight is 851 g/mol. The maximum Gasteiger partial charge on any atom is 0.306 e. The van der Waals surface area contributed by atoms with E-state index in [1.165, 1.54) is 116 Å². The summed E-state index contributed by atoms with van der Waals surface area (Å²) in [5.74, 6) is -0.958. The van der Waals surface area contributed by atoms with Gasteiger partial charge in [-0.05, 0) is 83.5 Å². The van der Waals surface area contributed by atoms with Gasteiger partial charge in [0.1, 0.15) is 13.2 Å². The molecular weight excluding hydrogens is 757 g/mol. The highest BCUT2D eigenvalue weighted by Gasteiger charge is 2.19. The van der Waals surface area contributed by atoms with Crippen molar-refractivity contribution >= 4 is 17.9 Å². The molecule has 0 radical (unpaired) electrons. The molecule has 6 heteroatoms. The van der Waals surface area contributed by atoms with Crippen LogP contribution in [-0.2, 0) is 28.6 Å². The molecule has 6 nitrogen and oxygen atoms in total. The molecule has 0 aromatic heterocycles. The minimum Gasteiger partial charge on any atom is -0.462 e. The van der Waals surface area contributed by atoms with Crippen molar-refractivity contribution in [2.24, 2.45) is 0 Å². The number of carbonyl (C=O) groups excluding carboxylic acids is 3. The fourth-order valence-corrected chi connectivity index (χ4v) is 6.88. The Balaban J connectivity index is 4.46. The van der Waals surface area contributed by atoms with Crippen LogP contribution in [0.1, 0.15) is 239 Å². The lowest BCUT2D eigenvalue weighted by Crippen LogP contribution is -2.30. The van der Waals surface area contributed by atoms with Crippen LogP contribution in [0.5, 0.6) is 0 Å². The smallest absolute Gasteiger partial charge is 0.306 e. The second kappa shape index (κ2) is 49.5. The molecule has 1 unspecified atom stereocenters. The first-order valence-electron chi connectivity index (χ1n) is 25.4. The van der Waals surface area contributed by atoms with Crippen LogP contribution in [0, 0.1) is 0 Å². The number of carbonyl (C=O) groups is 3. The summed E-state index contributed by atoms with van der Waals surface area (Å²) in [6.07, 6.45) is 61.7. The predicted molar refractivity (Wildman–Crippen MR) is 261 cm³/mol. The summed E-state index contributed by atoms with van der Waals surface area (Å²) >= 11 is 0. The first kappa shape index (κ1) is 57.9. The molecule has 0 spiro atoms.